The maximum absolute atomic E-state index is 4.21. The molecule has 1 rings (SSSR count). The monoisotopic (exact) mass is 220 g/mol. The van der Waals surface area contributed by atoms with Crippen molar-refractivity contribution < 1.29 is 0 Å². The lowest BCUT2D eigenvalue weighted by atomic mass is 9.93. The first-order chi connectivity index (χ1) is 7.52. The van der Waals surface area contributed by atoms with Crippen LogP contribution in [0.15, 0.2) is 18.5 Å². The van der Waals surface area contributed by atoms with Crippen LogP contribution in [0.3, 0.4) is 0 Å². The number of hydrogen-bond donors (Lipinski definition) is 1. The summed E-state index contributed by atoms with van der Waals surface area (Å²) in [6.45, 7) is 11.1. The molecule has 0 spiro atoms. The van der Waals surface area contributed by atoms with E-state index in [0.29, 0.717) is 6.04 Å². The highest BCUT2D eigenvalue weighted by molar-refractivity contribution is 5.24. The lowest BCUT2D eigenvalue weighted by Gasteiger charge is -2.32. The van der Waals surface area contributed by atoms with Gasteiger partial charge in [0, 0.05) is 24.0 Å². The van der Waals surface area contributed by atoms with E-state index in [4.69, 9.17) is 0 Å². The fraction of sp³-hybridized carbons (Fsp3) is 0.643. The highest BCUT2D eigenvalue weighted by atomic mass is 15.0. The Morgan fingerprint density at radius 1 is 1.38 bits per heavy atom. The molecule has 1 aromatic rings. The van der Waals surface area contributed by atoms with E-state index in [1.807, 2.05) is 12.4 Å². The van der Waals surface area contributed by atoms with Crippen molar-refractivity contribution >= 4 is 0 Å². The molecule has 1 aromatic heterocycles. The molecule has 0 bridgehead atoms. The van der Waals surface area contributed by atoms with Crippen molar-refractivity contribution in [2.75, 3.05) is 0 Å². The summed E-state index contributed by atoms with van der Waals surface area (Å²) in [5.74, 6) is 0. The van der Waals surface area contributed by atoms with Gasteiger partial charge in [-0.1, -0.05) is 13.8 Å². The molecular formula is C14H24N2. The van der Waals surface area contributed by atoms with Crippen molar-refractivity contribution in [3.8, 4) is 0 Å². The first kappa shape index (κ1) is 13.2. The first-order valence-corrected chi connectivity index (χ1v) is 6.20. The Labute approximate surface area is 99.5 Å². The summed E-state index contributed by atoms with van der Waals surface area (Å²) >= 11 is 0. The summed E-state index contributed by atoms with van der Waals surface area (Å²) in [4.78, 5) is 4.21. The van der Waals surface area contributed by atoms with Crippen LogP contribution in [-0.4, -0.2) is 10.5 Å². The highest BCUT2D eigenvalue weighted by Crippen LogP contribution is 2.22. The van der Waals surface area contributed by atoms with E-state index in [9.17, 15) is 0 Å². The van der Waals surface area contributed by atoms with E-state index in [1.54, 1.807) is 0 Å². The van der Waals surface area contributed by atoms with Crippen LogP contribution >= 0.6 is 0 Å². The fourth-order valence-electron chi connectivity index (χ4n) is 1.98. The number of hydrogen-bond acceptors (Lipinski definition) is 2. The summed E-state index contributed by atoms with van der Waals surface area (Å²) < 4.78 is 0. The van der Waals surface area contributed by atoms with Crippen molar-refractivity contribution in [2.45, 2.75) is 59.0 Å². The zero-order chi connectivity index (χ0) is 12.2. The van der Waals surface area contributed by atoms with Gasteiger partial charge in [-0.25, -0.2) is 0 Å². The Morgan fingerprint density at radius 2 is 2.00 bits per heavy atom. The third-order valence-electron chi connectivity index (χ3n) is 3.67. The zero-order valence-electron chi connectivity index (χ0n) is 11.2. The van der Waals surface area contributed by atoms with Crippen LogP contribution < -0.4 is 5.32 Å². The SMILES string of the molecule is CCC(C)(CC)NC(C)c1cnccc1C. The van der Waals surface area contributed by atoms with Gasteiger partial charge in [-0.15, -0.1) is 0 Å². The average molecular weight is 220 g/mol. The molecular weight excluding hydrogens is 196 g/mol. The average Bonchev–Trinajstić information content (AvgIpc) is 2.29. The molecule has 2 nitrogen and oxygen atoms in total. The molecule has 0 aliphatic heterocycles. The minimum atomic E-state index is 0.224. The quantitative estimate of drug-likeness (QED) is 0.819. The maximum Gasteiger partial charge on any atom is 0.0318 e. The molecule has 16 heavy (non-hydrogen) atoms. The van der Waals surface area contributed by atoms with Crippen LogP contribution in [0.25, 0.3) is 0 Å². The Bertz CT molecular complexity index is 329. The Hall–Kier alpha value is -0.890. The number of nitrogens with zero attached hydrogens (tertiary/aromatic N) is 1. The molecule has 1 N–H and O–H groups in total. The van der Waals surface area contributed by atoms with Gasteiger partial charge in [0.25, 0.3) is 0 Å². The first-order valence-electron chi connectivity index (χ1n) is 6.20. The van der Waals surface area contributed by atoms with Gasteiger partial charge in [0.1, 0.15) is 0 Å². The fourth-order valence-corrected chi connectivity index (χ4v) is 1.98. The van der Waals surface area contributed by atoms with Crippen molar-refractivity contribution in [1.82, 2.24) is 10.3 Å². The Morgan fingerprint density at radius 3 is 2.50 bits per heavy atom. The number of pyridine rings is 1. The van der Waals surface area contributed by atoms with Crippen molar-refractivity contribution in [3.63, 3.8) is 0 Å². The molecule has 1 heterocycles. The smallest absolute Gasteiger partial charge is 0.0318 e. The van der Waals surface area contributed by atoms with E-state index in [0.717, 1.165) is 12.8 Å². The van der Waals surface area contributed by atoms with Gasteiger partial charge < -0.3 is 5.32 Å². The lowest BCUT2D eigenvalue weighted by Crippen LogP contribution is -2.42. The maximum atomic E-state index is 4.21. The van der Waals surface area contributed by atoms with E-state index >= 15 is 0 Å². The lowest BCUT2D eigenvalue weighted by molar-refractivity contribution is 0.298. The zero-order valence-corrected chi connectivity index (χ0v) is 11.2. The minimum absolute atomic E-state index is 0.224. The molecule has 0 amide bonds. The molecule has 0 saturated heterocycles. The number of aryl methyl sites for hydroxylation is 1. The van der Waals surface area contributed by atoms with Gasteiger partial charge >= 0.3 is 0 Å². The van der Waals surface area contributed by atoms with Crippen molar-refractivity contribution in [2.24, 2.45) is 0 Å². The second-order valence-electron chi connectivity index (χ2n) is 4.87. The van der Waals surface area contributed by atoms with Gasteiger partial charge in [0.05, 0.1) is 0 Å². The van der Waals surface area contributed by atoms with Crippen LogP contribution in [0.5, 0.6) is 0 Å². The second-order valence-corrected chi connectivity index (χ2v) is 4.87. The van der Waals surface area contributed by atoms with Gasteiger partial charge in [-0.05, 0) is 50.8 Å². The standard InChI is InChI=1S/C14H24N2/c1-6-14(5,7-2)16-12(4)13-10-15-9-8-11(13)3/h8-10,12,16H,6-7H2,1-5H3. The van der Waals surface area contributed by atoms with Crippen LogP contribution in [0, 0.1) is 6.92 Å². The Kier molecular flexibility index (Phi) is 4.48. The topological polar surface area (TPSA) is 24.9 Å². The van der Waals surface area contributed by atoms with Gasteiger partial charge in [-0.2, -0.15) is 0 Å². The summed E-state index contributed by atoms with van der Waals surface area (Å²) in [5.41, 5.74) is 2.84. The molecule has 0 aliphatic carbocycles. The third kappa shape index (κ3) is 3.05. The second kappa shape index (κ2) is 5.44. The summed E-state index contributed by atoms with van der Waals surface area (Å²) in [5, 5.41) is 3.71. The normalized spacial score (nSPS) is 13.8. The molecule has 0 fully saturated rings. The van der Waals surface area contributed by atoms with E-state index < -0.39 is 0 Å². The molecule has 0 saturated carbocycles. The minimum Gasteiger partial charge on any atom is -0.305 e. The molecule has 0 radical (unpaired) electrons. The van der Waals surface area contributed by atoms with E-state index in [2.05, 4.69) is 51.0 Å². The third-order valence-corrected chi connectivity index (χ3v) is 3.67. The van der Waals surface area contributed by atoms with Crippen LogP contribution in [-0.2, 0) is 0 Å². The summed E-state index contributed by atoms with van der Waals surface area (Å²) in [6.07, 6.45) is 6.11. The number of nitrogens with one attached hydrogen (secondary N) is 1. The number of rotatable bonds is 5. The van der Waals surface area contributed by atoms with Gasteiger partial charge in [-0.3, -0.25) is 4.98 Å². The summed E-state index contributed by atoms with van der Waals surface area (Å²) in [6, 6.07) is 2.43. The van der Waals surface area contributed by atoms with Gasteiger partial charge in [0.15, 0.2) is 0 Å². The summed E-state index contributed by atoms with van der Waals surface area (Å²) in [7, 11) is 0. The molecule has 1 atom stereocenters. The Balaban J connectivity index is 2.80. The molecule has 90 valence electrons. The van der Waals surface area contributed by atoms with E-state index in [-0.39, 0.29) is 5.54 Å². The van der Waals surface area contributed by atoms with Crippen molar-refractivity contribution in [1.29, 1.82) is 0 Å². The highest BCUT2D eigenvalue weighted by Gasteiger charge is 2.22. The molecule has 1 unspecified atom stereocenters. The number of aromatic nitrogens is 1. The van der Waals surface area contributed by atoms with Crippen molar-refractivity contribution in [3.05, 3.63) is 29.6 Å². The molecule has 2 heteroatoms. The van der Waals surface area contributed by atoms with E-state index in [1.165, 1.54) is 11.1 Å². The molecule has 0 aliphatic rings. The van der Waals surface area contributed by atoms with Crippen LogP contribution in [0.2, 0.25) is 0 Å². The van der Waals surface area contributed by atoms with Crippen LogP contribution in [0.4, 0.5) is 0 Å². The molecule has 0 aromatic carbocycles. The predicted molar refractivity (Wildman–Crippen MR) is 69.5 cm³/mol. The largest absolute Gasteiger partial charge is 0.305 e. The van der Waals surface area contributed by atoms with Crippen LogP contribution in [0.1, 0.15) is 57.7 Å². The predicted octanol–water partition coefficient (Wildman–Crippen LogP) is 3.62. The van der Waals surface area contributed by atoms with Gasteiger partial charge in [0.2, 0.25) is 0 Å².